The summed E-state index contributed by atoms with van der Waals surface area (Å²) in [4.78, 5) is 22.9. The number of aliphatic carboxylic acids is 1. The molecule has 2 atom stereocenters. The summed E-state index contributed by atoms with van der Waals surface area (Å²) in [5.74, 6) is -2.15. The highest BCUT2D eigenvalue weighted by Crippen LogP contribution is 2.43. The lowest BCUT2D eigenvalue weighted by molar-refractivity contribution is -0.216. The Labute approximate surface area is 118 Å². The molecule has 0 aromatic heterocycles. The third kappa shape index (κ3) is 3.57. The lowest BCUT2D eigenvalue weighted by Gasteiger charge is -2.30. The van der Waals surface area contributed by atoms with E-state index >= 15 is 0 Å². The zero-order valence-electron chi connectivity index (χ0n) is 10.9. The number of carboxylic acid groups (broad SMARTS) is 1. The molecule has 0 radical (unpaired) electrons. The molecule has 1 aliphatic rings. The summed E-state index contributed by atoms with van der Waals surface area (Å²) in [5.41, 5.74) is -2.53. The molecule has 0 aliphatic carbocycles. The number of nitrogens with one attached hydrogen (secondary N) is 2. The number of carbonyl (C=O) groups excluding carboxylic acids is 1. The molecule has 1 amide bonds. The van der Waals surface area contributed by atoms with Gasteiger partial charge in [-0.15, -0.1) is 0 Å². The maximum atomic E-state index is 13.1. The molecule has 3 N–H and O–H groups in total. The molecular weight excluding hydrogens is 297 g/mol. The number of carbonyl (C=O) groups is 2. The van der Waals surface area contributed by atoms with Gasteiger partial charge in [0.25, 0.3) is 0 Å². The molecule has 20 heavy (non-hydrogen) atoms. The summed E-state index contributed by atoms with van der Waals surface area (Å²) in [7, 11) is 0. The first-order valence-electron chi connectivity index (χ1n) is 6.05. The number of hydrogen-bond donors (Lipinski definition) is 3. The van der Waals surface area contributed by atoms with E-state index in [4.69, 9.17) is 5.11 Å². The first kappa shape index (κ1) is 17.1. The summed E-state index contributed by atoms with van der Waals surface area (Å²) < 4.78 is 39.4. The lowest BCUT2D eigenvalue weighted by atomic mass is 9.85. The maximum absolute atomic E-state index is 13.1. The van der Waals surface area contributed by atoms with Crippen molar-refractivity contribution in [2.75, 3.05) is 25.1 Å². The first-order chi connectivity index (χ1) is 9.24. The predicted octanol–water partition coefficient (Wildman–Crippen LogP) is 0.851. The van der Waals surface area contributed by atoms with Gasteiger partial charge in [0, 0.05) is 6.54 Å². The quantitative estimate of drug-likeness (QED) is 0.677. The highest BCUT2D eigenvalue weighted by molar-refractivity contribution is 7.98. The molecule has 1 rings (SSSR count). The summed E-state index contributed by atoms with van der Waals surface area (Å²) in [5, 5.41) is 13.5. The lowest BCUT2D eigenvalue weighted by Crippen LogP contribution is -2.55. The number of alkyl halides is 3. The molecule has 0 spiro atoms. The van der Waals surface area contributed by atoms with Crippen molar-refractivity contribution < 1.29 is 27.9 Å². The van der Waals surface area contributed by atoms with Crippen LogP contribution in [0.5, 0.6) is 0 Å². The van der Waals surface area contributed by atoms with Crippen molar-refractivity contribution >= 4 is 23.6 Å². The van der Waals surface area contributed by atoms with Gasteiger partial charge in [-0.3, -0.25) is 4.79 Å². The van der Waals surface area contributed by atoms with E-state index in [0.29, 0.717) is 5.75 Å². The van der Waals surface area contributed by atoms with Gasteiger partial charge >= 0.3 is 12.1 Å². The maximum Gasteiger partial charge on any atom is 0.404 e. The Hall–Kier alpha value is -0.960. The Morgan fingerprint density at radius 1 is 1.50 bits per heavy atom. The molecular formula is C11H17F3N2O3S. The Kier molecular flexibility index (Phi) is 5.69. The van der Waals surface area contributed by atoms with Gasteiger partial charge in [0.1, 0.15) is 6.04 Å². The first-order valence-corrected chi connectivity index (χ1v) is 7.44. The second kappa shape index (κ2) is 6.66. The number of hydrogen-bond acceptors (Lipinski definition) is 4. The van der Waals surface area contributed by atoms with Crippen molar-refractivity contribution in [2.45, 2.75) is 25.1 Å². The molecule has 1 heterocycles. The standard InChI is InChI=1S/C11H17F3N2O3S/c1-20-5-2-7(8(17)18)16-9(19)10(11(12,13)14)3-4-15-6-10/h7,15H,2-6H2,1H3,(H,16,19)(H,17,18). The molecule has 0 bridgehead atoms. The van der Waals surface area contributed by atoms with Crippen LogP contribution in [0.25, 0.3) is 0 Å². The van der Waals surface area contributed by atoms with E-state index in [1.54, 1.807) is 6.26 Å². The van der Waals surface area contributed by atoms with Crippen LogP contribution in [0.3, 0.4) is 0 Å². The summed E-state index contributed by atoms with van der Waals surface area (Å²) >= 11 is 1.36. The van der Waals surface area contributed by atoms with Crippen LogP contribution >= 0.6 is 11.8 Å². The minimum Gasteiger partial charge on any atom is -0.480 e. The second-order valence-corrected chi connectivity index (χ2v) is 5.64. The molecule has 9 heteroatoms. The van der Waals surface area contributed by atoms with E-state index in [0.717, 1.165) is 0 Å². The van der Waals surface area contributed by atoms with Crippen LogP contribution in [0.15, 0.2) is 0 Å². The topological polar surface area (TPSA) is 78.4 Å². The van der Waals surface area contributed by atoms with Crippen LogP contribution in [0.2, 0.25) is 0 Å². The predicted molar refractivity (Wildman–Crippen MR) is 68.5 cm³/mol. The number of thioether (sulfide) groups is 1. The minimum absolute atomic E-state index is 0.0788. The second-order valence-electron chi connectivity index (χ2n) is 4.65. The monoisotopic (exact) mass is 314 g/mol. The van der Waals surface area contributed by atoms with Gasteiger partial charge in [-0.2, -0.15) is 24.9 Å². The van der Waals surface area contributed by atoms with Crippen molar-refractivity contribution in [3.05, 3.63) is 0 Å². The Morgan fingerprint density at radius 3 is 2.55 bits per heavy atom. The van der Waals surface area contributed by atoms with Crippen molar-refractivity contribution in [3.8, 4) is 0 Å². The number of halogens is 3. The Morgan fingerprint density at radius 2 is 2.15 bits per heavy atom. The highest BCUT2D eigenvalue weighted by Gasteiger charge is 2.61. The van der Waals surface area contributed by atoms with Gasteiger partial charge in [-0.25, -0.2) is 4.79 Å². The Bertz CT molecular complexity index is 370. The largest absolute Gasteiger partial charge is 0.480 e. The third-order valence-corrected chi connectivity index (χ3v) is 3.99. The van der Waals surface area contributed by atoms with Crippen molar-refractivity contribution in [1.29, 1.82) is 0 Å². The normalized spacial score (nSPS) is 24.4. The molecule has 116 valence electrons. The van der Waals surface area contributed by atoms with E-state index < -0.39 is 36.1 Å². The van der Waals surface area contributed by atoms with Crippen LogP contribution in [0, 0.1) is 5.41 Å². The van der Waals surface area contributed by atoms with Crippen LogP contribution in [0.1, 0.15) is 12.8 Å². The van der Waals surface area contributed by atoms with Gasteiger partial charge in [0.15, 0.2) is 5.41 Å². The van der Waals surface area contributed by atoms with Gasteiger partial charge in [0.05, 0.1) is 0 Å². The summed E-state index contributed by atoms with van der Waals surface area (Å²) in [6, 6.07) is -1.30. The zero-order chi connectivity index (χ0) is 15.4. The minimum atomic E-state index is -4.71. The average Bonchev–Trinajstić information content (AvgIpc) is 2.83. The van der Waals surface area contributed by atoms with Crippen LogP contribution < -0.4 is 10.6 Å². The van der Waals surface area contributed by atoms with E-state index in [9.17, 15) is 22.8 Å². The fourth-order valence-corrected chi connectivity index (χ4v) is 2.52. The zero-order valence-corrected chi connectivity index (χ0v) is 11.7. The van der Waals surface area contributed by atoms with E-state index in [1.807, 2.05) is 5.32 Å². The van der Waals surface area contributed by atoms with Crippen molar-refractivity contribution in [2.24, 2.45) is 5.41 Å². The molecule has 1 fully saturated rings. The molecule has 0 aromatic rings. The molecule has 5 nitrogen and oxygen atoms in total. The number of amides is 1. The van der Waals surface area contributed by atoms with Gasteiger partial charge in [-0.05, 0) is 31.4 Å². The van der Waals surface area contributed by atoms with E-state index in [1.165, 1.54) is 11.8 Å². The fraction of sp³-hybridized carbons (Fsp3) is 0.818. The van der Waals surface area contributed by atoms with Gasteiger partial charge < -0.3 is 15.7 Å². The van der Waals surface area contributed by atoms with Gasteiger partial charge in [-0.1, -0.05) is 0 Å². The summed E-state index contributed by atoms with van der Waals surface area (Å²) in [6.07, 6.45) is -3.25. The number of carboxylic acids is 1. The molecule has 0 saturated carbocycles. The molecule has 0 aromatic carbocycles. The average molecular weight is 314 g/mol. The van der Waals surface area contributed by atoms with Crippen molar-refractivity contribution in [3.63, 3.8) is 0 Å². The molecule has 2 unspecified atom stereocenters. The molecule has 1 aliphatic heterocycles. The van der Waals surface area contributed by atoms with Crippen LogP contribution in [0.4, 0.5) is 13.2 Å². The number of rotatable bonds is 6. The van der Waals surface area contributed by atoms with E-state index in [-0.39, 0.29) is 19.4 Å². The smallest absolute Gasteiger partial charge is 0.404 e. The fourth-order valence-electron chi connectivity index (χ4n) is 2.05. The summed E-state index contributed by atoms with van der Waals surface area (Å²) in [6.45, 7) is -0.438. The Balaban J connectivity index is 2.83. The van der Waals surface area contributed by atoms with Gasteiger partial charge in [0.2, 0.25) is 5.91 Å². The molecule has 1 saturated heterocycles. The van der Waals surface area contributed by atoms with Crippen LogP contribution in [-0.2, 0) is 9.59 Å². The van der Waals surface area contributed by atoms with E-state index in [2.05, 4.69) is 5.32 Å². The van der Waals surface area contributed by atoms with Crippen LogP contribution in [-0.4, -0.2) is 54.3 Å². The van der Waals surface area contributed by atoms with Crippen molar-refractivity contribution in [1.82, 2.24) is 10.6 Å². The third-order valence-electron chi connectivity index (χ3n) is 3.35. The SMILES string of the molecule is CSCCC(NC(=O)C1(C(F)(F)F)CCNC1)C(=O)O. The highest BCUT2D eigenvalue weighted by atomic mass is 32.2.